The highest BCUT2D eigenvalue weighted by Crippen LogP contribution is 2.30. The highest BCUT2D eigenvalue weighted by molar-refractivity contribution is 7.20. The van der Waals surface area contributed by atoms with Crippen LogP contribution in [-0.2, 0) is 6.54 Å². The molecule has 3 heterocycles. The quantitative estimate of drug-likeness (QED) is 0.399. The second-order valence-corrected chi connectivity index (χ2v) is 9.64. The maximum absolute atomic E-state index is 13.3. The van der Waals surface area contributed by atoms with Crippen molar-refractivity contribution >= 4 is 44.7 Å². The number of methoxy groups -OCH3 is 1. The minimum absolute atomic E-state index is 0.100. The van der Waals surface area contributed by atoms with Crippen LogP contribution in [0.25, 0.3) is 10.2 Å². The standard InChI is InChI=1S/C25H25ClN4O2S/c1-17-22-15-23(33-25(22)30(27-17)16-18-3-5-19(26)6-4-18)24(31)29-13-11-28(12-14-29)20-7-9-21(32-2)10-8-20/h3-10,15H,11-14,16H2,1-2H3. The van der Waals surface area contributed by atoms with Gasteiger partial charge in [0.25, 0.3) is 5.91 Å². The predicted molar refractivity (Wildman–Crippen MR) is 134 cm³/mol. The Hall–Kier alpha value is -3.03. The van der Waals surface area contributed by atoms with E-state index in [0.29, 0.717) is 19.6 Å². The number of anilines is 1. The van der Waals surface area contributed by atoms with Gasteiger partial charge in [0.1, 0.15) is 10.6 Å². The average Bonchev–Trinajstić information content (AvgIpc) is 3.41. The number of rotatable bonds is 5. The van der Waals surface area contributed by atoms with Gasteiger partial charge >= 0.3 is 0 Å². The average molecular weight is 481 g/mol. The lowest BCUT2D eigenvalue weighted by atomic mass is 10.2. The topological polar surface area (TPSA) is 50.6 Å². The number of nitrogens with zero attached hydrogens (tertiary/aromatic N) is 4. The van der Waals surface area contributed by atoms with Gasteiger partial charge in [-0.3, -0.25) is 9.48 Å². The lowest BCUT2D eigenvalue weighted by Crippen LogP contribution is -2.48. The number of aryl methyl sites for hydroxylation is 1. The molecule has 0 spiro atoms. The maximum atomic E-state index is 13.3. The van der Waals surface area contributed by atoms with Crippen LogP contribution in [0.5, 0.6) is 5.75 Å². The molecule has 2 aromatic heterocycles. The van der Waals surface area contributed by atoms with E-state index < -0.39 is 0 Å². The van der Waals surface area contributed by atoms with E-state index in [4.69, 9.17) is 16.3 Å². The fourth-order valence-electron chi connectivity index (χ4n) is 4.20. The number of carbonyl (C=O) groups is 1. The van der Waals surface area contributed by atoms with Crippen LogP contribution >= 0.6 is 22.9 Å². The highest BCUT2D eigenvalue weighted by Gasteiger charge is 2.25. The van der Waals surface area contributed by atoms with Crippen LogP contribution < -0.4 is 9.64 Å². The van der Waals surface area contributed by atoms with Crippen molar-refractivity contribution in [3.63, 3.8) is 0 Å². The predicted octanol–water partition coefficient (Wildman–Crippen LogP) is 5.08. The number of aromatic nitrogens is 2. The molecule has 0 aliphatic carbocycles. The van der Waals surface area contributed by atoms with Crippen LogP contribution in [0, 0.1) is 6.92 Å². The Morgan fingerprint density at radius 1 is 1.06 bits per heavy atom. The molecule has 0 unspecified atom stereocenters. The van der Waals surface area contributed by atoms with Gasteiger partial charge in [0.05, 0.1) is 24.2 Å². The summed E-state index contributed by atoms with van der Waals surface area (Å²) in [5.74, 6) is 0.949. The Morgan fingerprint density at radius 2 is 1.76 bits per heavy atom. The van der Waals surface area contributed by atoms with E-state index in [0.717, 1.165) is 55.9 Å². The number of thiophene rings is 1. The minimum Gasteiger partial charge on any atom is -0.497 e. The van der Waals surface area contributed by atoms with Gasteiger partial charge < -0.3 is 14.5 Å². The van der Waals surface area contributed by atoms with Gasteiger partial charge in [0, 0.05) is 42.3 Å². The first-order valence-corrected chi connectivity index (χ1v) is 12.1. The number of ether oxygens (including phenoxy) is 1. The summed E-state index contributed by atoms with van der Waals surface area (Å²) in [6.45, 7) is 5.67. The highest BCUT2D eigenvalue weighted by atomic mass is 35.5. The summed E-state index contributed by atoms with van der Waals surface area (Å²) in [6, 6.07) is 17.9. The summed E-state index contributed by atoms with van der Waals surface area (Å²) >= 11 is 7.54. The van der Waals surface area contributed by atoms with Crippen molar-refractivity contribution in [1.29, 1.82) is 0 Å². The zero-order valence-electron chi connectivity index (χ0n) is 18.6. The van der Waals surface area contributed by atoms with Gasteiger partial charge in [0.2, 0.25) is 0 Å². The fraction of sp³-hybridized carbons (Fsp3) is 0.280. The molecule has 1 amide bonds. The summed E-state index contributed by atoms with van der Waals surface area (Å²) in [6.07, 6.45) is 0. The number of benzene rings is 2. The van der Waals surface area contributed by atoms with Crippen LogP contribution in [0.1, 0.15) is 20.9 Å². The molecule has 0 atom stereocenters. The van der Waals surface area contributed by atoms with Gasteiger partial charge in [-0.15, -0.1) is 11.3 Å². The third-order valence-corrected chi connectivity index (χ3v) is 7.46. The SMILES string of the molecule is COc1ccc(N2CCN(C(=O)c3cc4c(C)nn(Cc5ccc(Cl)cc5)c4s3)CC2)cc1. The van der Waals surface area contributed by atoms with E-state index in [9.17, 15) is 4.79 Å². The molecule has 1 saturated heterocycles. The largest absolute Gasteiger partial charge is 0.497 e. The number of hydrogen-bond donors (Lipinski definition) is 0. The van der Waals surface area contributed by atoms with Crippen molar-refractivity contribution in [2.75, 3.05) is 38.2 Å². The molecule has 8 heteroatoms. The molecule has 6 nitrogen and oxygen atoms in total. The van der Waals surface area contributed by atoms with E-state index >= 15 is 0 Å². The summed E-state index contributed by atoms with van der Waals surface area (Å²) in [7, 11) is 1.67. The van der Waals surface area contributed by atoms with Crippen molar-refractivity contribution in [2.45, 2.75) is 13.5 Å². The van der Waals surface area contributed by atoms with Gasteiger partial charge in [-0.1, -0.05) is 23.7 Å². The first-order valence-electron chi connectivity index (χ1n) is 10.9. The molecule has 0 N–H and O–H groups in total. The molecule has 1 aliphatic rings. The van der Waals surface area contributed by atoms with Crippen LogP contribution in [0.2, 0.25) is 5.02 Å². The number of carbonyl (C=O) groups excluding carboxylic acids is 1. The van der Waals surface area contributed by atoms with Crippen molar-refractivity contribution < 1.29 is 9.53 Å². The van der Waals surface area contributed by atoms with Crippen LogP contribution in [0.4, 0.5) is 5.69 Å². The molecule has 4 aromatic rings. The lowest BCUT2D eigenvalue weighted by Gasteiger charge is -2.36. The summed E-state index contributed by atoms with van der Waals surface area (Å²) in [5.41, 5.74) is 3.22. The van der Waals surface area contributed by atoms with Crippen LogP contribution in [0.3, 0.4) is 0 Å². The molecule has 0 bridgehead atoms. The molecule has 1 aliphatic heterocycles. The molecule has 33 heavy (non-hydrogen) atoms. The van der Waals surface area contributed by atoms with E-state index in [-0.39, 0.29) is 5.91 Å². The Morgan fingerprint density at radius 3 is 2.42 bits per heavy atom. The van der Waals surface area contributed by atoms with Gasteiger partial charge in [-0.05, 0) is 55.0 Å². The number of hydrogen-bond acceptors (Lipinski definition) is 5. The van der Waals surface area contributed by atoms with Crippen molar-refractivity contribution in [3.8, 4) is 5.75 Å². The zero-order chi connectivity index (χ0) is 22.9. The fourth-order valence-corrected chi connectivity index (χ4v) is 5.46. The van der Waals surface area contributed by atoms with E-state index in [1.807, 2.05) is 59.0 Å². The van der Waals surface area contributed by atoms with Crippen LogP contribution in [-0.4, -0.2) is 53.9 Å². The number of amides is 1. The van der Waals surface area contributed by atoms with Crippen molar-refractivity contribution in [3.05, 3.63) is 75.8 Å². The molecular weight excluding hydrogens is 456 g/mol. The molecule has 0 saturated carbocycles. The van der Waals surface area contributed by atoms with Crippen molar-refractivity contribution in [1.82, 2.24) is 14.7 Å². The third kappa shape index (κ3) is 4.43. The monoisotopic (exact) mass is 480 g/mol. The Kier molecular flexibility index (Phi) is 6.00. The number of fused-ring (bicyclic) bond motifs is 1. The second kappa shape index (κ2) is 9.08. The van der Waals surface area contributed by atoms with E-state index in [2.05, 4.69) is 22.1 Å². The van der Waals surface area contributed by atoms with Crippen LogP contribution in [0.15, 0.2) is 54.6 Å². The molecule has 1 fully saturated rings. The summed E-state index contributed by atoms with van der Waals surface area (Å²) in [4.78, 5) is 19.3. The molecule has 2 aromatic carbocycles. The molecule has 170 valence electrons. The van der Waals surface area contributed by atoms with E-state index in [1.54, 1.807) is 7.11 Å². The Labute approximate surface area is 201 Å². The first-order chi connectivity index (χ1) is 16.0. The lowest BCUT2D eigenvalue weighted by molar-refractivity contribution is 0.0751. The number of piperazine rings is 1. The maximum Gasteiger partial charge on any atom is 0.264 e. The zero-order valence-corrected chi connectivity index (χ0v) is 20.2. The third-order valence-electron chi connectivity index (χ3n) is 6.07. The van der Waals surface area contributed by atoms with Gasteiger partial charge in [0.15, 0.2) is 0 Å². The molecule has 0 radical (unpaired) electrons. The minimum atomic E-state index is 0.100. The molecular formula is C25H25ClN4O2S. The Bertz CT molecular complexity index is 1270. The van der Waals surface area contributed by atoms with E-state index in [1.165, 1.54) is 11.3 Å². The second-order valence-electron chi connectivity index (χ2n) is 8.18. The summed E-state index contributed by atoms with van der Waals surface area (Å²) < 4.78 is 7.23. The molecule has 5 rings (SSSR count). The first kappa shape index (κ1) is 21.8. The van der Waals surface area contributed by atoms with Gasteiger partial charge in [-0.25, -0.2) is 0 Å². The van der Waals surface area contributed by atoms with Crippen molar-refractivity contribution in [2.24, 2.45) is 0 Å². The van der Waals surface area contributed by atoms with Gasteiger partial charge in [-0.2, -0.15) is 5.10 Å². The number of halogens is 1. The summed E-state index contributed by atoms with van der Waals surface area (Å²) in [5, 5.41) is 6.46. The Balaban J connectivity index is 1.29. The smallest absolute Gasteiger partial charge is 0.264 e. The normalized spacial score (nSPS) is 14.2.